The van der Waals surface area contributed by atoms with Gasteiger partial charge in [0.1, 0.15) is 6.61 Å². The van der Waals surface area contributed by atoms with Crippen LogP contribution >= 0.6 is 7.82 Å². The number of carbonyl (C=O) groups is 2. The van der Waals surface area contributed by atoms with E-state index in [1.54, 1.807) is 6.92 Å². The van der Waals surface area contributed by atoms with Gasteiger partial charge in [0.2, 0.25) is 0 Å². The molecule has 0 aromatic rings. The first kappa shape index (κ1) is 59.5. The minimum absolute atomic E-state index is 0.00259. The first-order valence-corrected chi connectivity index (χ1v) is 27.6. The van der Waals surface area contributed by atoms with Crippen LogP contribution < -0.4 is 0 Å². The van der Waals surface area contributed by atoms with E-state index in [0.717, 1.165) is 38.5 Å². The van der Waals surface area contributed by atoms with Crippen molar-refractivity contribution in [1.82, 2.24) is 0 Å². The third kappa shape index (κ3) is 47.8. The molecule has 0 aliphatic rings. The quantitative estimate of drug-likeness (QED) is 0.0279. The van der Waals surface area contributed by atoms with E-state index in [4.69, 9.17) is 18.5 Å². The Hall–Kier alpha value is -1.47. The normalized spacial score (nSPS) is 13.3. The molecule has 360 valence electrons. The van der Waals surface area contributed by atoms with Crippen molar-refractivity contribution in [2.75, 3.05) is 19.8 Å². The molecule has 0 rings (SSSR count). The second kappa shape index (κ2) is 48.0. The standard InChI is InChI=1S/C52H99O8P/c1-4-7-9-11-13-15-17-19-21-23-25-26-27-28-29-31-33-35-37-39-41-43-45-47-52(54)60-50(49-59-61(55,56)58-6-3)48-57-51(53)46-44-42-40-38-36-34-32-30-24-22-20-18-16-14-12-10-8-5-2/h17,19,23,25,50H,4-16,18,20-22,24,26-49H2,1-3H3,(H,55,56)/b19-17-,25-23-. The molecule has 8 nitrogen and oxygen atoms in total. The Balaban J connectivity index is 3.94. The largest absolute Gasteiger partial charge is 0.472 e. The van der Waals surface area contributed by atoms with E-state index >= 15 is 0 Å². The van der Waals surface area contributed by atoms with Gasteiger partial charge in [-0.2, -0.15) is 0 Å². The van der Waals surface area contributed by atoms with E-state index in [2.05, 4.69) is 38.2 Å². The summed E-state index contributed by atoms with van der Waals surface area (Å²) in [7, 11) is -4.28. The summed E-state index contributed by atoms with van der Waals surface area (Å²) in [5.74, 6) is -0.784. The van der Waals surface area contributed by atoms with Gasteiger partial charge in [-0.25, -0.2) is 4.57 Å². The van der Waals surface area contributed by atoms with Gasteiger partial charge < -0.3 is 14.4 Å². The Labute approximate surface area is 377 Å². The summed E-state index contributed by atoms with van der Waals surface area (Å²) in [6.45, 7) is 5.52. The Morgan fingerprint density at radius 1 is 0.443 bits per heavy atom. The van der Waals surface area contributed by atoms with Crippen molar-refractivity contribution >= 4 is 19.8 Å². The number of allylic oxidation sites excluding steroid dienone is 4. The molecule has 0 aromatic carbocycles. The Morgan fingerprint density at radius 2 is 0.787 bits per heavy atom. The second-order valence-corrected chi connectivity index (χ2v) is 19.0. The molecule has 2 atom stereocenters. The minimum atomic E-state index is -4.28. The zero-order valence-corrected chi connectivity index (χ0v) is 41.2. The average Bonchev–Trinajstić information content (AvgIpc) is 3.24. The number of hydrogen-bond acceptors (Lipinski definition) is 7. The molecule has 1 N–H and O–H groups in total. The Kier molecular flexibility index (Phi) is 46.8. The van der Waals surface area contributed by atoms with Crippen LogP contribution in [0.4, 0.5) is 0 Å². The maximum Gasteiger partial charge on any atom is 0.472 e. The van der Waals surface area contributed by atoms with Crippen molar-refractivity contribution in [3.8, 4) is 0 Å². The lowest BCUT2D eigenvalue weighted by atomic mass is 10.0. The third-order valence-electron chi connectivity index (χ3n) is 11.5. The van der Waals surface area contributed by atoms with Crippen molar-refractivity contribution in [2.24, 2.45) is 0 Å². The van der Waals surface area contributed by atoms with Crippen LogP contribution in [-0.4, -0.2) is 42.8 Å². The Bertz CT molecular complexity index is 1050. The fourth-order valence-corrected chi connectivity index (χ4v) is 8.42. The van der Waals surface area contributed by atoms with Gasteiger partial charge in [0, 0.05) is 12.8 Å². The van der Waals surface area contributed by atoms with Gasteiger partial charge in [-0.1, -0.05) is 231 Å². The molecule has 0 saturated heterocycles. The average molecular weight is 883 g/mol. The van der Waals surface area contributed by atoms with E-state index < -0.39 is 19.9 Å². The van der Waals surface area contributed by atoms with Gasteiger partial charge in [-0.05, 0) is 51.9 Å². The first-order valence-electron chi connectivity index (χ1n) is 26.1. The van der Waals surface area contributed by atoms with Crippen molar-refractivity contribution < 1.29 is 37.6 Å². The van der Waals surface area contributed by atoms with Crippen LogP contribution in [0.2, 0.25) is 0 Å². The summed E-state index contributed by atoms with van der Waals surface area (Å²) in [4.78, 5) is 34.9. The second-order valence-electron chi connectivity index (χ2n) is 17.5. The molecule has 0 saturated carbocycles. The number of carbonyl (C=O) groups excluding carboxylic acids is 2. The zero-order chi connectivity index (χ0) is 44.6. The highest BCUT2D eigenvalue weighted by molar-refractivity contribution is 7.47. The highest BCUT2D eigenvalue weighted by atomic mass is 31.2. The maximum absolute atomic E-state index is 12.6. The van der Waals surface area contributed by atoms with Gasteiger partial charge in [0.15, 0.2) is 6.10 Å². The van der Waals surface area contributed by atoms with Crippen molar-refractivity contribution in [3.63, 3.8) is 0 Å². The molecule has 0 radical (unpaired) electrons. The summed E-state index contributed by atoms with van der Waals surface area (Å²) in [5.41, 5.74) is 0. The maximum atomic E-state index is 12.6. The van der Waals surface area contributed by atoms with E-state index in [-0.39, 0.29) is 32.2 Å². The SMILES string of the molecule is CCCCCCC/C=C\C/C=C\CCCCCCCCCCCCCC(=O)OC(COC(=O)CCCCCCCCCCCCCCCCCCCC)COP(=O)(O)OCC. The smallest absolute Gasteiger partial charge is 0.462 e. The molecule has 0 aromatic heterocycles. The monoisotopic (exact) mass is 883 g/mol. The fourth-order valence-electron chi connectivity index (χ4n) is 7.66. The van der Waals surface area contributed by atoms with Gasteiger partial charge in [-0.15, -0.1) is 0 Å². The van der Waals surface area contributed by atoms with Crippen LogP contribution in [-0.2, 0) is 32.7 Å². The van der Waals surface area contributed by atoms with Crippen LogP contribution in [0.15, 0.2) is 24.3 Å². The van der Waals surface area contributed by atoms with Crippen LogP contribution in [0.3, 0.4) is 0 Å². The van der Waals surface area contributed by atoms with Crippen LogP contribution in [0.1, 0.15) is 271 Å². The van der Waals surface area contributed by atoms with Gasteiger partial charge >= 0.3 is 19.8 Å². The van der Waals surface area contributed by atoms with E-state index in [1.807, 2.05) is 0 Å². The van der Waals surface area contributed by atoms with Crippen LogP contribution in [0.5, 0.6) is 0 Å². The molecule has 61 heavy (non-hydrogen) atoms. The number of unbranched alkanes of at least 4 members (excludes halogenated alkanes) is 33. The Morgan fingerprint density at radius 3 is 1.16 bits per heavy atom. The number of phosphoric ester groups is 1. The number of esters is 2. The predicted octanol–water partition coefficient (Wildman–Crippen LogP) is 17.0. The number of ether oxygens (including phenoxy) is 2. The molecule has 2 unspecified atom stereocenters. The minimum Gasteiger partial charge on any atom is -0.462 e. The van der Waals surface area contributed by atoms with Gasteiger partial charge in [0.25, 0.3) is 0 Å². The first-order chi connectivity index (χ1) is 29.8. The molecule has 0 amide bonds. The number of hydrogen-bond donors (Lipinski definition) is 1. The molecule has 0 aliphatic heterocycles. The summed E-state index contributed by atoms with van der Waals surface area (Å²) in [6, 6.07) is 0. The third-order valence-corrected chi connectivity index (χ3v) is 12.6. The highest BCUT2D eigenvalue weighted by Gasteiger charge is 2.25. The summed E-state index contributed by atoms with van der Waals surface area (Å²) < 4.78 is 32.8. The van der Waals surface area contributed by atoms with Crippen molar-refractivity contribution in [1.29, 1.82) is 0 Å². The molecule has 0 fully saturated rings. The number of phosphoric acid groups is 1. The molecular weight excluding hydrogens is 784 g/mol. The predicted molar refractivity (Wildman–Crippen MR) is 258 cm³/mol. The zero-order valence-electron chi connectivity index (χ0n) is 40.3. The summed E-state index contributed by atoms with van der Waals surface area (Å²) >= 11 is 0. The van der Waals surface area contributed by atoms with E-state index in [9.17, 15) is 19.0 Å². The molecule has 9 heteroatoms. The highest BCUT2D eigenvalue weighted by Crippen LogP contribution is 2.43. The van der Waals surface area contributed by atoms with E-state index in [1.165, 1.54) is 193 Å². The topological polar surface area (TPSA) is 108 Å². The molecule has 0 heterocycles. The lowest BCUT2D eigenvalue weighted by Crippen LogP contribution is -2.29. The van der Waals surface area contributed by atoms with Gasteiger partial charge in [0.05, 0.1) is 13.2 Å². The summed E-state index contributed by atoms with van der Waals surface area (Å²) in [6.07, 6.45) is 55.3. The molecular formula is C52H99O8P. The fraction of sp³-hybridized carbons (Fsp3) is 0.885. The molecule has 0 spiro atoms. The lowest BCUT2D eigenvalue weighted by molar-refractivity contribution is -0.161. The lowest BCUT2D eigenvalue weighted by Gasteiger charge is -2.19. The van der Waals surface area contributed by atoms with Crippen LogP contribution in [0.25, 0.3) is 0 Å². The number of rotatable bonds is 49. The van der Waals surface area contributed by atoms with Gasteiger partial charge in [-0.3, -0.25) is 18.6 Å². The molecule has 0 aliphatic carbocycles. The van der Waals surface area contributed by atoms with Crippen molar-refractivity contribution in [3.05, 3.63) is 24.3 Å². The molecule has 0 bridgehead atoms. The van der Waals surface area contributed by atoms with Crippen molar-refractivity contribution in [2.45, 2.75) is 277 Å². The van der Waals surface area contributed by atoms with Crippen LogP contribution in [0, 0.1) is 0 Å². The van der Waals surface area contributed by atoms with E-state index in [0.29, 0.717) is 12.8 Å². The summed E-state index contributed by atoms with van der Waals surface area (Å²) in [5, 5.41) is 0.